The van der Waals surface area contributed by atoms with Crippen LogP contribution in [0.4, 0.5) is 10.1 Å². The SMILES string of the molecule is N#Cc1cc(F)cc(NCCCn2cccn2)c1. The Balaban J connectivity index is 1.83. The van der Waals surface area contributed by atoms with Crippen molar-refractivity contribution in [3.05, 3.63) is 48.0 Å². The number of hydrogen-bond acceptors (Lipinski definition) is 3. The Bertz CT molecular complexity index is 543. The summed E-state index contributed by atoms with van der Waals surface area (Å²) in [6.07, 6.45) is 4.51. The van der Waals surface area contributed by atoms with Crippen LogP contribution in [0.5, 0.6) is 0 Å². The first-order valence-corrected chi connectivity index (χ1v) is 5.70. The smallest absolute Gasteiger partial charge is 0.126 e. The van der Waals surface area contributed by atoms with Crippen LogP contribution in [0.3, 0.4) is 0 Å². The molecule has 18 heavy (non-hydrogen) atoms. The van der Waals surface area contributed by atoms with Gasteiger partial charge in [-0.25, -0.2) is 4.39 Å². The van der Waals surface area contributed by atoms with E-state index in [1.54, 1.807) is 12.3 Å². The van der Waals surface area contributed by atoms with Crippen molar-refractivity contribution in [2.75, 3.05) is 11.9 Å². The van der Waals surface area contributed by atoms with Gasteiger partial charge in [-0.05, 0) is 30.7 Å². The molecule has 1 aromatic heterocycles. The lowest BCUT2D eigenvalue weighted by Crippen LogP contribution is -2.07. The van der Waals surface area contributed by atoms with E-state index in [2.05, 4.69) is 10.4 Å². The van der Waals surface area contributed by atoms with Gasteiger partial charge < -0.3 is 5.32 Å². The first-order valence-electron chi connectivity index (χ1n) is 5.70. The molecule has 5 heteroatoms. The van der Waals surface area contributed by atoms with Crippen molar-refractivity contribution in [1.29, 1.82) is 5.26 Å². The highest BCUT2D eigenvalue weighted by molar-refractivity contribution is 5.49. The van der Waals surface area contributed by atoms with Gasteiger partial charge in [-0.1, -0.05) is 0 Å². The van der Waals surface area contributed by atoms with Crippen molar-refractivity contribution >= 4 is 5.69 Å². The van der Waals surface area contributed by atoms with Crippen molar-refractivity contribution in [3.63, 3.8) is 0 Å². The Morgan fingerprint density at radius 1 is 1.39 bits per heavy atom. The number of halogens is 1. The molecule has 1 aromatic carbocycles. The Hall–Kier alpha value is -2.35. The van der Waals surface area contributed by atoms with Gasteiger partial charge in [-0.2, -0.15) is 10.4 Å². The second-order valence-corrected chi connectivity index (χ2v) is 3.89. The van der Waals surface area contributed by atoms with Crippen molar-refractivity contribution in [1.82, 2.24) is 9.78 Å². The van der Waals surface area contributed by atoms with Crippen LogP contribution < -0.4 is 5.32 Å². The Kier molecular flexibility index (Phi) is 3.92. The summed E-state index contributed by atoms with van der Waals surface area (Å²) >= 11 is 0. The molecule has 1 heterocycles. The molecule has 2 rings (SSSR count). The largest absolute Gasteiger partial charge is 0.385 e. The van der Waals surface area contributed by atoms with Gasteiger partial charge in [0.15, 0.2) is 0 Å². The molecule has 0 atom stereocenters. The Labute approximate surface area is 105 Å². The van der Waals surface area contributed by atoms with Gasteiger partial charge in [0.2, 0.25) is 0 Å². The number of hydrogen-bond donors (Lipinski definition) is 1. The first kappa shape index (κ1) is 12.1. The predicted molar refractivity (Wildman–Crippen MR) is 66.4 cm³/mol. The summed E-state index contributed by atoms with van der Waals surface area (Å²) in [6, 6.07) is 8.04. The minimum Gasteiger partial charge on any atom is -0.385 e. The fourth-order valence-electron chi connectivity index (χ4n) is 1.66. The summed E-state index contributed by atoms with van der Waals surface area (Å²) in [5, 5.41) is 15.9. The van der Waals surface area contributed by atoms with Crippen LogP contribution >= 0.6 is 0 Å². The van der Waals surface area contributed by atoms with Crippen molar-refractivity contribution in [2.24, 2.45) is 0 Å². The molecule has 0 saturated carbocycles. The van der Waals surface area contributed by atoms with Gasteiger partial charge in [-0.3, -0.25) is 4.68 Å². The van der Waals surface area contributed by atoms with Gasteiger partial charge in [0.25, 0.3) is 0 Å². The van der Waals surface area contributed by atoms with Crippen LogP contribution in [0.25, 0.3) is 0 Å². The van der Waals surface area contributed by atoms with Crippen LogP contribution in [0.2, 0.25) is 0 Å². The number of nitriles is 1. The lowest BCUT2D eigenvalue weighted by atomic mass is 10.2. The molecular formula is C13H13FN4. The van der Waals surface area contributed by atoms with Crippen LogP contribution in [0, 0.1) is 17.1 Å². The maximum absolute atomic E-state index is 13.1. The first-order chi connectivity index (χ1) is 8.78. The maximum atomic E-state index is 13.1. The minimum absolute atomic E-state index is 0.324. The van der Waals surface area contributed by atoms with Gasteiger partial charge in [0.05, 0.1) is 11.6 Å². The third-order valence-electron chi connectivity index (χ3n) is 2.48. The average molecular weight is 244 g/mol. The maximum Gasteiger partial charge on any atom is 0.126 e. The molecule has 92 valence electrons. The van der Waals surface area contributed by atoms with E-state index in [0.29, 0.717) is 17.8 Å². The zero-order chi connectivity index (χ0) is 12.8. The number of benzene rings is 1. The molecule has 0 aliphatic heterocycles. The molecule has 0 aliphatic rings. The summed E-state index contributed by atoms with van der Waals surface area (Å²) in [4.78, 5) is 0. The van der Waals surface area contributed by atoms with Crippen molar-refractivity contribution < 1.29 is 4.39 Å². The average Bonchev–Trinajstić information content (AvgIpc) is 2.87. The summed E-state index contributed by atoms with van der Waals surface area (Å²) in [5.41, 5.74) is 0.955. The molecule has 0 saturated heterocycles. The monoisotopic (exact) mass is 244 g/mol. The highest BCUT2D eigenvalue weighted by atomic mass is 19.1. The lowest BCUT2D eigenvalue weighted by molar-refractivity contribution is 0.591. The van der Waals surface area contributed by atoms with Crippen LogP contribution in [-0.2, 0) is 6.54 Å². The standard InChI is InChI=1S/C13H13FN4/c14-12-7-11(10-15)8-13(9-12)16-3-1-5-18-6-2-4-17-18/h2,4,6-9,16H,1,3,5H2. The number of nitrogens with zero attached hydrogens (tertiary/aromatic N) is 3. The van der Waals surface area contributed by atoms with E-state index < -0.39 is 5.82 Å². The van der Waals surface area contributed by atoms with Crippen molar-refractivity contribution in [2.45, 2.75) is 13.0 Å². The fourth-order valence-corrected chi connectivity index (χ4v) is 1.66. The molecule has 1 N–H and O–H groups in total. The zero-order valence-electron chi connectivity index (χ0n) is 9.81. The van der Waals surface area contributed by atoms with E-state index >= 15 is 0 Å². The highest BCUT2D eigenvalue weighted by Crippen LogP contribution is 2.13. The summed E-state index contributed by atoms with van der Waals surface area (Å²) < 4.78 is 15.0. The van der Waals surface area contributed by atoms with Crippen LogP contribution in [0.15, 0.2) is 36.7 Å². The van der Waals surface area contributed by atoms with E-state index in [0.717, 1.165) is 13.0 Å². The number of rotatable bonds is 5. The summed E-state index contributed by atoms with van der Waals surface area (Å²) in [6.45, 7) is 1.51. The molecule has 4 nitrogen and oxygen atoms in total. The Morgan fingerprint density at radius 3 is 3.00 bits per heavy atom. The summed E-state index contributed by atoms with van der Waals surface area (Å²) in [5.74, 6) is -0.399. The molecule has 2 aromatic rings. The molecule has 0 amide bonds. The molecule has 0 bridgehead atoms. The predicted octanol–water partition coefficient (Wildman–Crippen LogP) is 2.40. The van der Waals surface area contributed by atoms with Crippen molar-refractivity contribution in [3.8, 4) is 6.07 Å². The second-order valence-electron chi connectivity index (χ2n) is 3.89. The molecule has 0 radical (unpaired) electrons. The Morgan fingerprint density at radius 2 is 2.28 bits per heavy atom. The van der Waals surface area contributed by atoms with Crippen LogP contribution in [-0.4, -0.2) is 16.3 Å². The minimum atomic E-state index is -0.399. The fraction of sp³-hybridized carbons (Fsp3) is 0.231. The number of aryl methyl sites for hydroxylation is 1. The second kappa shape index (κ2) is 5.82. The highest BCUT2D eigenvalue weighted by Gasteiger charge is 2.00. The molecule has 0 unspecified atom stereocenters. The molecule has 0 fully saturated rings. The third kappa shape index (κ3) is 3.32. The van der Waals surface area contributed by atoms with E-state index in [9.17, 15) is 4.39 Å². The quantitative estimate of drug-likeness (QED) is 0.822. The van der Waals surface area contributed by atoms with Crippen LogP contribution in [0.1, 0.15) is 12.0 Å². The summed E-state index contributed by atoms with van der Waals surface area (Å²) in [7, 11) is 0. The molecule has 0 spiro atoms. The van der Waals surface area contributed by atoms with Gasteiger partial charge in [-0.15, -0.1) is 0 Å². The third-order valence-corrected chi connectivity index (χ3v) is 2.48. The topological polar surface area (TPSA) is 53.6 Å². The van der Waals surface area contributed by atoms with E-state index in [1.165, 1.54) is 12.1 Å². The lowest BCUT2D eigenvalue weighted by Gasteiger charge is -2.07. The number of aromatic nitrogens is 2. The zero-order valence-corrected chi connectivity index (χ0v) is 9.81. The van der Waals surface area contributed by atoms with Gasteiger partial charge >= 0.3 is 0 Å². The van der Waals surface area contributed by atoms with E-state index in [4.69, 9.17) is 5.26 Å². The van der Waals surface area contributed by atoms with E-state index in [-0.39, 0.29) is 0 Å². The van der Waals surface area contributed by atoms with Gasteiger partial charge in [0, 0.05) is 31.2 Å². The van der Waals surface area contributed by atoms with Gasteiger partial charge in [0.1, 0.15) is 5.82 Å². The van der Waals surface area contributed by atoms with E-state index in [1.807, 2.05) is 23.0 Å². The number of anilines is 1. The molecule has 0 aliphatic carbocycles. The normalized spacial score (nSPS) is 10.0. The number of nitrogens with one attached hydrogen (secondary N) is 1. The molecular weight excluding hydrogens is 231 g/mol.